The van der Waals surface area contributed by atoms with Crippen LogP contribution in [0.25, 0.3) is 11.1 Å². The SMILES string of the molecule is CC(C)(F)COc1cc(F)c2c(c1)[C@]1(CCN=C(N)O1)c1cc(-c3cccnc3F)ccc1O2. The zero-order valence-corrected chi connectivity index (χ0v) is 18.6. The van der Waals surface area contributed by atoms with E-state index in [1.54, 1.807) is 36.4 Å². The van der Waals surface area contributed by atoms with Crippen LogP contribution in [0.2, 0.25) is 0 Å². The number of benzene rings is 2. The van der Waals surface area contributed by atoms with Crippen molar-refractivity contribution in [3.63, 3.8) is 0 Å². The highest BCUT2D eigenvalue weighted by molar-refractivity contribution is 5.76. The highest BCUT2D eigenvalue weighted by Crippen LogP contribution is 2.54. The van der Waals surface area contributed by atoms with Crippen molar-refractivity contribution in [2.24, 2.45) is 10.7 Å². The molecule has 2 aliphatic rings. The fourth-order valence-electron chi connectivity index (χ4n) is 4.23. The van der Waals surface area contributed by atoms with Gasteiger partial charge < -0.3 is 19.9 Å². The van der Waals surface area contributed by atoms with Crippen LogP contribution in [0.15, 0.2) is 53.7 Å². The molecule has 2 aliphatic heterocycles. The Morgan fingerprint density at radius 3 is 2.71 bits per heavy atom. The Bertz CT molecular complexity index is 1310. The van der Waals surface area contributed by atoms with Gasteiger partial charge in [0.1, 0.15) is 23.8 Å². The molecule has 1 aromatic heterocycles. The molecule has 34 heavy (non-hydrogen) atoms. The van der Waals surface area contributed by atoms with Crippen LogP contribution in [0.4, 0.5) is 13.2 Å². The number of aliphatic imine (C=N–C) groups is 1. The number of alkyl halides is 1. The summed E-state index contributed by atoms with van der Waals surface area (Å²) in [4.78, 5) is 7.84. The summed E-state index contributed by atoms with van der Waals surface area (Å²) in [6, 6.07) is 10.9. The van der Waals surface area contributed by atoms with Crippen molar-refractivity contribution in [2.75, 3.05) is 13.2 Å². The van der Waals surface area contributed by atoms with Crippen LogP contribution in [-0.4, -0.2) is 29.8 Å². The third kappa shape index (κ3) is 3.81. The van der Waals surface area contributed by atoms with Crippen molar-refractivity contribution < 1.29 is 27.4 Å². The Labute approximate surface area is 194 Å². The van der Waals surface area contributed by atoms with Crippen LogP contribution in [0.3, 0.4) is 0 Å². The molecule has 9 heteroatoms. The van der Waals surface area contributed by atoms with E-state index >= 15 is 4.39 Å². The van der Waals surface area contributed by atoms with E-state index in [1.807, 2.05) is 0 Å². The molecule has 1 atom stereocenters. The van der Waals surface area contributed by atoms with E-state index in [4.69, 9.17) is 19.9 Å². The Hall–Kier alpha value is -3.75. The first-order chi connectivity index (χ1) is 16.2. The Morgan fingerprint density at radius 1 is 1.15 bits per heavy atom. The molecule has 6 nitrogen and oxygen atoms in total. The standard InChI is InChI=1S/C25H22F3N3O3/c1-24(2,28)13-32-15-11-18-21(19(26)12-15)33-20-6-5-14(16-4-3-8-30-22(16)27)10-17(20)25(18)7-9-31-23(29)34-25/h3-6,8,10-12H,7,9,13H2,1-2H3,(H2,29,31)/t25-/m0/s1. The molecule has 0 amide bonds. The first-order valence-electron chi connectivity index (χ1n) is 10.7. The van der Waals surface area contributed by atoms with Crippen LogP contribution in [0, 0.1) is 11.8 Å². The van der Waals surface area contributed by atoms with Gasteiger partial charge in [-0.05, 0) is 49.7 Å². The minimum absolute atomic E-state index is 0.0469. The highest BCUT2D eigenvalue weighted by Gasteiger charge is 2.48. The van der Waals surface area contributed by atoms with Gasteiger partial charge in [-0.25, -0.2) is 18.8 Å². The van der Waals surface area contributed by atoms with Crippen LogP contribution >= 0.6 is 0 Å². The van der Waals surface area contributed by atoms with Crippen molar-refractivity contribution in [2.45, 2.75) is 31.5 Å². The number of hydrogen-bond acceptors (Lipinski definition) is 6. The number of ether oxygens (including phenoxy) is 3. The zero-order valence-electron chi connectivity index (χ0n) is 18.6. The maximum absolute atomic E-state index is 15.2. The molecule has 0 saturated heterocycles. The number of nitrogens with zero attached hydrogens (tertiary/aromatic N) is 2. The van der Waals surface area contributed by atoms with Gasteiger partial charge in [-0.15, -0.1) is 0 Å². The number of hydrogen-bond donors (Lipinski definition) is 1. The maximum atomic E-state index is 15.2. The summed E-state index contributed by atoms with van der Waals surface area (Å²) in [7, 11) is 0. The fraction of sp³-hybridized carbons (Fsp3) is 0.280. The Kier molecular flexibility index (Phi) is 5.15. The molecule has 3 heterocycles. The number of rotatable bonds is 4. The van der Waals surface area contributed by atoms with Crippen LogP contribution in [0.5, 0.6) is 17.2 Å². The molecule has 0 aliphatic carbocycles. The summed E-state index contributed by atoms with van der Waals surface area (Å²) in [6.45, 7) is 2.76. The van der Waals surface area contributed by atoms with E-state index in [2.05, 4.69) is 9.98 Å². The largest absolute Gasteiger partial charge is 0.490 e. The molecule has 0 radical (unpaired) electrons. The minimum Gasteiger partial charge on any atom is -0.490 e. The molecule has 5 rings (SSSR count). The molecule has 176 valence electrons. The summed E-state index contributed by atoms with van der Waals surface area (Å²) in [5.41, 5.74) is 4.76. The van der Waals surface area contributed by atoms with Gasteiger partial charge in [0.2, 0.25) is 5.95 Å². The molecule has 2 N–H and O–H groups in total. The zero-order chi connectivity index (χ0) is 24.1. The lowest BCUT2D eigenvalue weighted by Crippen LogP contribution is -2.42. The minimum atomic E-state index is -1.62. The maximum Gasteiger partial charge on any atom is 0.283 e. The lowest BCUT2D eigenvalue weighted by Gasteiger charge is -2.41. The number of pyridine rings is 1. The van der Waals surface area contributed by atoms with Gasteiger partial charge in [0.05, 0.1) is 0 Å². The molecule has 1 spiro atoms. The van der Waals surface area contributed by atoms with Crippen molar-refractivity contribution in [1.29, 1.82) is 0 Å². The molecule has 3 aromatic rings. The number of fused-ring (bicyclic) bond motifs is 4. The average Bonchev–Trinajstić information content (AvgIpc) is 2.78. The molecule has 0 saturated carbocycles. The van der Waals surface area contributed by atoms with Crippen molar-refractivity contribution >= 4 is 6.02 Å². The van der Waals surface area contributed by atoms with E-state index in [-0.39, 0.29) is 29.7 Å². The Balaban J connectivity index is 1.68. The summed E-state index contributed by atoms with van der Waals surface area (Å²) in [6.07, 6.45) is 1.68. The second-order valence-electron chi connectivity index (χ2n) is 8.84. The monoisotopic (exact) mass is 469 g/mol. The van der Waals surface area contributed by atoms with E-state index < -0.39 is 23.0 Å². The van der Waals surface area contributed by atoms with Gasteiger partial charge in [-0.3, -0.25) is 0 Å². The van der Waals surface area contributed by atoms with Crippen LogP contribution < -0.4 is 15.2 Å². The molecular formula is C25H22F3N3O3. The second kappa shape index (κ2) is 7.93. The van der Waals surface area contributed by atoms with E-state index in [9.17, 15) is 8.78 Å². The number of nitrogens with two attached hydrogens (primary N) is 1. The van der Waals surface area contributed by atoms with Gasteiger partial charge in [-0.1, -0.05) is 6.07 Å². The summed E-state index contributed by atoms with van der Waals surface area (Å²) >= 11 is 0. The quantitative estimate of drug-likeness (QED) is 0.529. The summed E-state index contributed by atoms with van der Waals surface area (Å²) in [5.74, 6) is -0.911. The normalized spacial score (nSPS) is 18.9. The molecule has 0 fully saturated rings. The highest BCUT2D eigenvalue weighted by atomic mass is 19.1. The number of halogens is 3. The Morgan fingerprint density at radius 2 is 1.97 bits per heavy atom. The van der Waals surface area contributed by atoms with Crippen LogP contribution in [-0.2, 0) is 10.3 Å². The topological polar surface area (TPSA) is 79.0 Å². The van der Waals surface area contributed by atoms with E-state index in [0.29, 0.717) is 35.4 Å². The average molecular weight is 469 g/mol. The van der Waals surface area contributed by atoms with Crippen LogP contribution in [0.1, 0.15) is 31.4 Å². The van der Waals surface area contributed by atoms with Crippen molar-refractivity contribution in [1.82, 2.24) is 4.98 Å². The second-order valence-corrected chi connectivity index (χ2v) is 8.84. The van der Waals surface area contributed by atoms with Gasteiger partial charge in [0.15, 0.2) is 17.2 Å². The molecular weight excluding hydrogens is 447 g/mol. The smallest absolute Gasteiger partial charge is 0.283 e. The number of aromatic nitrogens is 1. The fourth-order valence-corrected chi connectivity index (χ4v) is 4.23. The van der Waals surface area contributed by atoms with Gasteiger partial charge >= 0.3 is 0 Å². The third-order valence-electron chi connectivity index (χ3n) is 5.74. The molecule has 2 aromatic carbocycles. The number of amidine groups is 1. The van der Waals surface area contributed by atoms with Gasteiger partial charge in [-0.2, -0.15) is 4.39 Å². The predicted molar refractivity (Wildman–Crippen MR) is 120 cm³/mol. The predicted octanol–water partition coefficient (Wildman–Crippen LogP) is 5.24. The first-order valence-corrected chi connectivity index (χ1v) is 10.7. The lowest BCUT2D eigenvalue weighted by molar-refractivity contribution is 0.0619. The summed E-state index contributed by atoms with van der Waals surface area (Å²) < 4.78 is 61.2. The van der Waals surface area contributed by atoms with Crippen molar-refractivity contribution in [3.05, 3.63) is 71.6 Å². The van der Waals surface area contributed by atoms with Crippen molar-refractivity contribution in [3.8, 4) is 28.4 Å². The molecule has 0 unspecified atom stereocenters. The summed E-state index contributed by atoms with van der Waals surface area (Å²) in [5, 5.41) is 0. The van der Waals surface area contributed by atoms with Gasteiger partial charge in [0.25, 0.3) is 6.02 Å². The van der Waals surface area contributed by atoms with E-state index in [0.717, 1.165) is 6.07 Å². The third-order valence-corrected chi connectivity index (χ3v) is 5.74. The van der Waals surface area contributed by atoms with Gasteiger partial charge in [0, 0.05) is 41.9 Å². The lowest BCUT2D eigenvalue weighted by atomic mass is 9.79. The molecule has 0 bridgehead atoms. The first kappa shape index (κ1) is 22.1. The van der Waals surface area contributed by atoms with E-state index in [1.165, 1.54) is 20.0 Å².